The molecule has 1 aromatic carbocycles. The maximum Gasteiger partial charge on any atom is 0.134 e. The average Bonchev–Trinajstić information content (AvgIpc) is 2.71. The Morgan fingerprint density at radius 1 is 1.35 bits per heavy atom. The lowest BCUT2D eigenvalue weighted by atomic mass is 9.99. The predicted molar refractivity (Wildman–Crippen MR) is 60.3 cm³/mol. The standard InChI is InChI=1S/C12H13F2N3/c1-7-3-4-9(13)10(11(7)14)12(15)8-5-16-17(2)6-8/h3-6,12H,15H2,1-2H3. The highest BCUT2D eigenvalue weighted by Crippen LogP contribution is 2.26. The van der Waals surface area contributed by atoms with Crippen molar-refractivity contribution in [1.82, 2.24) is 9.78 Å². The molecule has 0 aliphatic rings. The summed E-state index contributed by atoms with van der Waals surface area (Å²) in [7, 11) is 1.72. The van der Waals surface area contributed by atoms with Crippen LogP contribution in [-0.2, 0) is 7.05 Å². The molecule has 1 unspecified atom stereocenters. The Bertz CT molecular complexity index is 549. The average molecular weight is 237 g/mol. The predicted octanol–water partition coefficient (Wildman–Crippen LogP) is 2.05. The second-order valence-electron chi connectivity index (χ2n) is 4.02. The van der Waals surface area contributed by atoms with Gasteiger partial charge in [0.05, 0.1) is 12.2 Å². The molecule has 0 bridgehead atoms. The van der Waals surface area contributed by atoms with Gasteiger partial charge in [-0.05, 0) is 18.6 Å². The van der Waals surface area contributed by atoms with E-state index >= 15 is 0 Å². The third kappa shape index (κ3) is 2.06. The molecule has 0 saturated heterocycles. The molecule has 90 valence electrons. The summed E-state index contributed by atoms with van der Waals surface area (Å²) >= 11 is 0. The molecule has 1 aromatic heterocycles. The van der Waals surface area contributed by atoms with Gasteiger partial charge in [0.2, 0.25) is 0 Å². The molecule has 17 heavy (non-hydrogen) atoms. The van der Waals surface area contributed by atoms with Crippen molar-refractivity contribution in [2.24, 2.45) is 12.8 Å². The fourth-order valence-corrected chi connectivity index (χ4v) is 1.73. The maximum atomic E-state index is 13.9. The second kappa shape index (κ2) is 4.25. The van der Waals surface area contributed by atoms with Crippen LogP contribution in [-0.4, -0.2) is 9.78 Å². The summed E-state index contributed by atoms with van der Waals surface area (Å²) in [5, 5.41) is 3.94. The molecule has 0 aliphatic heterocycles. The van der Waals surface area contributed by atoms with Crippen LogP contribution in [0.3, 0.4) is 0 Å². The number of aryl methyl sites for hydroxylation is 2. The van der Waals surface area contributed by atoms with Crippen LogP contribution in [0.4, 0.5) is 8.78 Å². The van der Waals surface area contributed by atoms with E-state index < -0.39 is 17.7 Å². The molecule has 1 atom stereocenters. The summed E-state index contributed by atoms with van der Waals surface area (Å²) in [6.45, 7) is 1.58. The number of aromatic nitrogens is 2. The van der Waals surface area contributed by atoms with Crippen molar-refractivity contribution >= 4 is 0 Å². The third-order valence-electron chi connectivity index (χ3n) is 2.71. The van der Waals surface area contributed by atoms with Gasteiger partial charge < -0.3 is 5.73 Å². The number of halogens is 2. The first-order chi connectivity index (χ1) is 8.00. The van der Waals surface area contributed by atoms with Crippen molar-refractivity contribution < 1.29 is 8.78 Å². The summed E-state index contributed by atoms with van der Waals surface area (Å²) in [4.78, 5) is 0. The van der Waals surface area contributed by atoms with Crippen LogP contribution < -0.4 is 5.73 Å². The molecule has 2 rings (SSSR count). The Kier molecular flexibility index (Phi) is 2.93. The van der Waals surface area contributed by atoms with Crippen molar-refractivity contribution in [3.63, 3.8) is 0 Å². The van der Waals surface area contributed by atoms with Gasteiger partial charge in [0.1, 0.15) is 11.6 Å². The molecular weight excluding hydrogens is 224 g/mol. The van der Waals surface area contributed by atoms with E-state index in [1.54, 1.807) is 24.9 Å². The van der Waals surface area contributed by atoms with E-state index in [2.05, 4.69) is 5.10 Å². The Morgan fingerprint density at radius 3 is 2.65 bits per heavy atom. The van der Waals surface area contributed by atoms with Gasteiger partial charge in [-0.3, -0.25) is 4.68 Å². The van der Waals surface area contributed by atoms with Crippen LogP contribution in [0.5, 0.6) is 0 Å². The van der Waals surface area contributed by atoms with Crippen LogP contribution in [0, 0.1) is 18.6 Å². The number of hydrogen-bond acceptors (Lipinski definition) is 2. The van der Waals surface area contributed by atoms with Gasteiger partial charge >= 0.3 is 0 Å². The van der Waals surface area contributed by atoms with Gasteiger partial charge in [-0.2, -0.15) is 5.10 Å². The second-order valence-corrected chi connectivity index (χ2v) is 4.02. The number of nitrogens with zero attached hydrogens (tertiary/aromatic N) is 2. The van der Waals surface area contributed by atoms with E-state index in [1.165, 1.54) is 18.3 Å². The summed E-state index contributed by atoms with van der Waals surface area (Å²) in [6.07, 6.45) is 3.15. The molecule has 0 spiro atoms. The summed E-state index contributed by atoms with van der Waals surface area (Å²) in [6, 6.07) is 1.78. The van der Waals surface area contributed by atoms with E-state index in [4.69, 9.17) is 5.73 Å². The molecule has 0 fully saturated rings. The Labute approximate surface area is 97.9 Å². The van der Waals surface area contributed by atoms with Crippen molar-refractivity contribution in [1.29, 1.82) is 0 Å². The smallest absolute Gasteiger partial charge is 0.134 e. The van der Waals surface area contributed by atoms with E-state index in [-0.39, 0.29) is 5.56 Å². The Hall–Kier alpha value is -1.75. The fourth-order valence-electron chi connectivity index (χ4n) is 1.73. The number of rotatable bonds is 2. The molecule has 2 aromatic rings. The lowest BCUT2D eigenvalue weighted by Crippen LogP contribution is -2.15. The number of benzene rings is 1. The largest absolute Gasteiger partial charge is 0.320 e. The van der Waals surface area contributed by atoms with E-state index in [1.807, 2.05) is 0 Å². The van der Waals surface area contributed by atoms with Gasteiger partial charge in [-0.15, -0.1) is 0 Å². The highest BCUT2D eigenvalue weighted by atomic mass is 19.1. The molecular formula is C12H13F2N3. The van der Waals surface area contributed by atoms with Gasteiger partial charge in [0.15, 0.2) is 0 Å². The van der Waals surface area contributed by atoms with Crippen molar-refractivity contribution in [3.8, 4) is 0 Å². The summed E-state index contributed by atoms with van der Waals surface area (Å²) in [5.74, 6) is -1.23. The summed E-state index contributed by atoms with van der Waals surface area (Å²) in [5.41, 5.74) is 6.71. The molecule has 0 radical (unpaired) electrons. The van der Waals surface area contributed by atoms with E-state index in [0.717, 1.165) is 0 Å². The number of nitrogens with two attached hydrogens (primary N) is 1. The molecule has 0 aliphatic carbocycles. The van der Waals surface area contributed by atoms with Gasteiger partial charge in [0.25, 0.3) is 0 Å². The first-order valence-electron chi connectivity index (χ1n) is 5.19. The third-order valence-corrected chi connectivity index (χ3v) is 2.71. The zero-order valence-corrected chi connectivity index (χ0v) is 9.61. The lowest BCUT2D eigenvalue weighted by molar-refractivity contribution is 0.538. The van der Waals surface area contributed by atoms with Crippen molar-refractivity contribution in [3.05, 3.63) is 52.9 Å². The van der Waals surface area contributed by atoms with Crippen molar-refractivity contribution in [2.75, 3.05) is 0 Å². The zero-order chi connectivity index (χ0) is 12.6. The minimum atomic E-state index is -0.844. The molecule has 0 saturated carbocycles. The first-order valence-corrected chi connectivity index (χ1v) is 5.19. The van der Waals surface area contributed by atoms with Crippen LogP contribution in [0.25, 0.3) is 0 Å². The molecule has 2 N–H and O–H groups in total. The van der Waals surface area contributed by atoms with Crippen LogP contribution in [0.1, 0.15) is 22.7 Å². The highest BCUT2D eigenvalue weighted by Gasteiger charge is 2.20. The molecule has 5 heteroatoms. The quantitative estimate of drug-likeness (QED) is 0.868. The lowest BCUT2D eigenvalue weighted by Gasteiger charge is -2.13. The van der Waals surface area contributed by atoms with E-state index in [0.29, 0.717) is 11.1 Å². The zero-order valence-electron chi connectivity index (χ0n) is 9.61. The van der Waals surface area contributed by atoms with Gasteiger partial charge in [0, 0.05) is 24.4 Å². The van der Waals surface area contributed by atoms with Gasteiger partial charge in [-0.1, -0.05) is 6.07 Å². The van der Waals surface area contributed by atoms with Gasteiger partial charge in [-0.25, -0.2) is 8.78 Å². The summed E-state index contributed by atoms with van der Waals surface area (Å²) < 4.78 is 29.0. The Morgan fingerprint density at radius 2 is 2.06 bits per heavy atom. The molecule has 1 heterocycles. The van der Waals surface area contributed by atoms with Crippen LogP contribution >= 0.6 is 0 Å². The topological polar surface area (TPSA) is 43.8 Å². The van der Waals surface area contributed by atoms with E-state index in [9.17, 15) is 8.78 Å². The van der Waals surface area contributed by atoms with Crippen molar-refractivity contribution in [2.45, 2.75) is 13.0 Å². The maximum absolute atomic E-state index is 13.9. The highest BCUT2D eigenvalue weighted by molar-refractivity contribution is 5.34. The van der Waals surface area contributed by atoms with Crippen LogP contribution in [0.2, 0.25) is 0 Å². The first kappa shape index (κ1) is 11.7. The minimum absolute atomic E-state index is 0.113. The fraction of sp³-hybridized carbons (Fsp3) is 0.250. The Balaban J connectivity index is 2.50. The monoisotopic (exact) mass is 237 g/mol. The molecule has 0 amide bonds. The minimum Gasteiger partial charge on any atom is -0.320 e. The SMILES string of the molecule is Cc1ccc(F)c(C(N)c2cnn(C)c2)c1F. The normalized spacial score (nSPS) is 12.8. The molecule has 3 nitrogen and oxygen atoms in total. The number of hydrogen-bond donors (Lipinski definition) is 1. The van der Waals surface area contributed by atoms with Crippen LogP contribution in [0.15, 0.2) is 24.5 Å².